The zero-order chi connectivity index (χ0) is 28.1. The summed E-state index contributed by atoms with van der Waals surface area (Å²) in [6.07, 6.45) is -0.922. The van der Waals surface area contributed by atoms with Crippen molar-refractivity contribution in [1.29, 1.82) is 0 Å². The molecule has 0 aliphatic rings. The number of aliphatic hydroxyl groups excluding tert-OH is 1. The van der Waals surface area contributed by atoms with Crippen LogP contribution in [0.3, 0.4) is 0 Å². The van der Waals surface area contributed by atoms with Gasteiger partial charge in [0.15, 0.2) is 9.84 Å². The van der Waals surface area contributed by atoms with E-state index in [1.54, 1.807) is 7.11 Å². The molecule has 4 N–H and O–H groups in total. The van der Waals surface area contributed by atoms with E-state index in [4.69, 9.17) is 4.74 Å². The minimum Gasteiger partial charge on any atom is -0.497 e. The summed E-state index contributed by atoms with van der Waals surface area (Å²) in [6, 6.07) is 16.0. The molecule has 3 unspecified atom stereocenters. The number of sulfone groups is 1. The fourth-order valence-electron chi connectivity index (χ4n) is 3.98. The van der Waals surface area contributed by atoms with Crippen LogP contribution in [0.25, 0.3) is 0 Å². The summed E-state index contributed by atoms with van der Waals surface area (Å²) < 4.78 is 30.5. The number of aliphatic carboxylic acids is 1. The SMILES string of the molecule is COc1cccc(CNCC(O)C(Cc2ccccc2)NC(=O)C(CC(=O)O)CS(=O)(=O)CCC(C)C)c1. The van der Waals surface area contributed by atoms with Gasteiger partial charge in [0.2, 0.25) is 5.91 Å². The Morgan fingerprint density at radius 3 is 2.34 bits per heavy atom. The second kappa shape index (κ2) is 15.5. The van der Waals surface area contributed by atoms with E-state index in [1.807, 2.05) is 68.4 Å². The third kappa shape index (κ3) is 11.6. The van der Waals surface area contributed by atoms with E-state index >= 15 is 0 Å². The highest BCUT2D eigenvalue weighted by atomic mass is 32.2. The van der Waals surface area contributed by atoms with Crippen LogP contribution in [0.2, 0.25) is 0 Å². The number of nitrogens with one attached hydrogen (secondary N) is 2. The maximum Gasteiger partial charge on any atom is 0.304 e. The first-order valence-electron chi connectivity index (χ1n) is 12.8. The number of ether oxygens (including phenoxy) is 1. The fourth-order valence-corrected chi connectivity index (χ4v) is 5.86. The summed E-state index contributed by atoms with van der Waals surface area (Å²) >= 11 is 0. The first-order valence-corrected chi connectivity index (χ1v) is 14.6. The van der Waals surface area contributed by atoms with E-state index in [0.29, 0.717) is 18.7 Å². The van der Waals surface area contributed by atoms with Crippen molar-refractivity contribution < 1.29 is 33.0 Å². The molecular weight excluding hydrogens is 508 g/mol. The third-order valence-electron chi connectivity index (χ3n) is 6.16. The average molecular weight is 549 g/mol. The van der Waals surface area contributed by atoms with E-state index in [0.717, 1.165) is 11.1 Å². The van der Waals surface area contributed by atoms with Crippen molar-refractivity contribution in [2.24, 2.45) is 11.8 Å². The van der Waals surface area contributed by atoms with Crippen LogP contribution >= 0.6 is 0 Å². The summed E-state index contributed by atoms with van der Waals surface area (Å²) in [4.78, 5) is 24.6. The lowest BCUT2D eigenvalue weighted by Gasteiger charge is -2.27. The van der Waals surface area contributed by atoms with Crippen molar-refractivity contribution in [3.05, 3.63) is 65.7 Å². The highest BCUT2D eigenvalue weighted by molar-refractivity contribution is 7.91. The predicted molar refractivity (Wildman–Crippen MR) is 147 cm³/mol. The molecular formula is C28H40N2O7S. The van der Waals surface area contributed by atoms with E-state index in [9.17, 15) is 28.2 Å². The van der Waals surface area contributed by atoms with Gasteiger partial charge in [-0.1, -0.05) is 56.3 Å². The number of rotatable bonds is 17. The normalized spacial score (nSPS) is 14.0. The second-order valence-corrected chi connectivity index (χ2v) is 12.2. The molecule has 1 amide bonds. The highest BCUT2D eigenvalue weighted by Crippen LogP contribution is 2.15. The maximum atomic E-state index is 13.2. The molecule has 9 nitrogen and oxygen atoms in total. The molecule has 0 saturated heterocycles. The number of aliphatic hydroxyl groups is 1. The molecule has 0 heterocycles. The average Bonchev–Trinajstić information content (AvgIpc) is 2.87. The topological polar surface area (TPSA) is 142 Å². The summed E-state index contributed by atoms with van der Waals surface area (Å²) in [7, 11) is -2.06. The van der Waals surface area contributed by atoms with Crippen LogP contribution in [0, 0.1) is 11.8 Å². The van der Waals surface area contributed by atoms with Gasteiger partial charge in [0, 0.05) is 13.1 Å². The molecule has 0 radical (unpaired) electrons. The quantitative estimate of drug-likeness (QED) is 0.236. The fraction of sp³-hybridized carbons (Fsp3) is 0.500. The Balaban J connectivity index is 2.13. The summed E-state index contributed by atoms with van der Waals surface area (Å²) in [5.41, 5.74) is 1.82. The summed E-state index contributed by atoms with van der Waals surface area (Å²) in [6.45, 7) is 4.39. The number of carboxylic acids is 1. The Bertz CT molecular complexity index is 1120. The van der Waals surface area contributed by atoms with E-state index in [1.165, 1.54) is 0 Å². The molecule has 0 fully saturated rings. The van der Waals surface area contributed by atoms with Gasteiger partial charge in [-0.15, -0.1) is 0 Å². The van der Waals surface area contributed by atoms with E-state index in [2.05, 4.69) is 10.6 Å². The van der Waals surface area contributed by atoms with Crippen LogP contribution in [0.15, 0.2) is 54.6 Å². The lowest BCUT2D eigenvalue weighted by atomic mass is 9.99. The van der Waals surface area contributed by atoms with E-state index in [-0.39, 0.29) is 24.6 Å². The van der Waals surface area contributed by atoms with Crippen LogP contribution in [0.1, 0.15) is 37.8 Å². The number of carboxylic acid groups (broad SMARTS) is 1. The van der Waals surface area contributed by atoms with Crippen LogP contribution in [0.4, 0.5) is 0 Å². The Kier molecular flexibility index (Phi) is 12.7. The standard InChI is InChI=1S/C28H40N2O7S/c1-20(2)12-13-38(35,36)19-23(16-27(32)33)28(34)30-25(15-21-8-5-4-6-9-21)26(31)18-29-17-22-10-7-11-24(14-22)37-3/h4-11,14,20,23,25-26,29,31H,12-13,15-19H2,1-3H3,(H,30,34)(H,32,33). The number of carbonyl (C=O) groups is 2. The van der Waals surface area contributed by atoms with Gasteiger partial charge in [0.25, 0.3) is 0 Å². The lowest BCUT2D eigenvalue weighted by Crippen LogP contribution is -2.51. The first kappa shape index (κ1) is 31.3. The largest absolute Gasteiger partial charge is 0.497 e. The Labute approximate surface area is 225 Å². The van der Waals surface area contributed by atoms with Gasteiger partial charge < -0.3 is 25.6 Å². The zero-order valence-corrected chi connectivity index (χ0v) is 23.1. The second-order valence-electron chi connectivity index (χ2n) is 9.95. The Morgan fingerprint density at radius 1 is 1.03 bits per heavy atom. The lowest BCUT2D eigenvalue weighted by molar-refractivity contribution is -0.141. The van der Waals surface area contributed by atoms with E-state index < -0.39 is 52.0 Å². The zero-order valence-electron chi connectivity index (χ0n) is 22.3. The molecule has 3 atom stereocenters. The smallest absolute Gasteiger partial charge is 0.304 e. The van der Waals surface area contributed by atoms with Gasteiger partial charge in [-0.2, -0.15) is 0 Å². The van der Waals surface area contributed by atoms with Crippen molar-refractivity contribution in [3.8, 4) is 5.75 Å². The Hall–Kier alpha value is -2.95. The van der Waals surface area contributed by atoms with Gasteiger partial charge in [-0.3, -0.25) is 9.59 Å². The molecule has 0 saturated carbocycles. The molecule has 0 aromatic heterocycles. The number of methoxy groups -OCH3 is 1. The minimum atomic E-state index is -3.64. The summed E-state index contributed by atoms with van der Waals surface area (Å²) in [5, 5.41) is 26.3. The molecule has 0 bridgehead atoms. The van der Waals surface area contributed by atoms with Crippen molar-refractivity contribution in [3.63, 3.8) is 0 Å². The van der Waals surface area contributed by atoms with Gasteiger partial charge in [0.05, 0.1) is 43.1 Å². The summed E-state index contributed by atoms with van der Waals surface area (Å²) in [5.74, 6) is -3.02. The predicted octanol–water partition coefficient (Wildman–Crippen LogP) is 2.43. The minimum absolute atomic E-state index is 0.113. The van der Waals surface area contributed by atoms with Crippen LogP contribution < -0.4 is 15.4 Å². The number of hydrogen-bond acceptors (Lipinski definition) is 7. The maximum absolute atomic E-state index is 13.2. The van der Waals surface area contributed by atoms with Crippen molar-refractivity contribution in [1.82, 2.24) is 10.6 Å². The number of benzene rings is 2. The van der Waals surface area contributed by atoms with Gasteiger partial charge in [0.1, 0.15) is 5.75 Å². The van der Waals surface area contributed by atoms with Crippen LogP contribution in [0.5, 0.6) is 5.75 Å². The molecule has 0 aliphatic carbocycles. The molecule has 0 aliphatic heterocycles. The first-order chi connectivity index (χ1) is 18.0. The molecule has 10 heteroatoms. The van der Waals surface area contributed by atoms with Gasteiger partial charge >= 0.3 is 5.97 Å². The van der Waals surface area contributed by atoms with Gasteiger partial charge in [-0.05, 0) is 42.0 Å². The number of hydrogen-bond donors (Lipinski definition) is 4. The van der Waals surface area contributed by atoms with Crippen LogP contribution in [-0.2, 0) is 32.4 Å². The molecule has 210 valence electrons. The molecule has 38 heavy (non-hydrogen) atoms. The molecule has 0 spiro atoms. The Morgan fingerprint density at radius 2 is 1.71 bits per heavy atom. The van der Waals surface area contributed by atoms with Crippen LogP contribution in [-0.4, -0.2) is 67.8 Å². The molecule has 2 aromatic carbocycles. The van der Waals surface area contributed by atoms with Crippen molar-refractivity contribution in [2.45, 2.75) is 51.8 Å². The number of amides is 1. The highest BCUT2D eigenvalue weighted by Gasteiger charge is 2.31. The van der Waals surface area contributed by atoms with Crippen molar-refractivity contribution >= 4 is 21.7 Å². The third-order valence-corrected chi connectivity index (χ3v) is 7.93. The monoisotopic (exact) mass is 548 g/mol. The number of carbonyl (C=O) groups excluding carboxylic acids is 1. The molecule has 2 aromatic rings. The van der Waals surface area contributed by atoms with Crippen molar-refractivity contribution in [2.75, 3.05) is 25.2 Å². The molecule has 2 rings (SSSR count). The van der Waals surface area contributed by atoms with Gasteiger partial charge in [-0.25, -0.2) is 8.42 Å².